The molecule has 0 aromatic rings. The molecule has 4 aliphatic rings. The third kappa shape index (κ3) is 3.25. The van der Waals surface area contributed by atoms with Gasteiger partial charge in [-0.25, -0.2) is 0 Å². The van der Waals surface area contributed by atoms with Crippen LogP contribution in [0.15, 0.2) is 0 Å². The molecule has 2 N–H and O–H groups in total. The monoisotopic (exact) mass is 404 g/mol. The highest BCUT2D eigenvalue weighted by molar-refractivity contribution is 5.86. The summed E-state index contributed by atoms with van der Waals surface area (Å²) in [7, 11) is 0. The predicted molar refractivity (Wildman–Crippen MR) is 116 cm³/mol. The van der Waals surface area contributed by atoms with Crippen LogP contribution in [0.1, 0.15) is 91.9 Å². The van der Waals surface area contributed by atoms with Crippen molar-refractivity contribution < 1.29 is 15.0 Å². The van der Waals surface area contributed by atoms with Crippen LogP contribution in [0.2, 0.25) is 0 Å². The van der Waals surface area contributed by atoms with Gasteiger partial charge in [0.15, 0.2) is 0 Å². The lowest BCUT2D eigenvalue weighted by Gasteiger charge is -2.62. The maximum atomic E-state index is 13.9. The first kappa shape index (κ1) is 21.8. The molecule has 4 saturated carbocycles. The van der Waals surface area contributed by atoms with Gasteiger partial charge >= 0.3 is 0 Å². The van der Waals surface area contributed by atoms with E-state index in [1.807, 2.05) is 0 Å². The van der Waals surface area contributed by atoms with E-state index >= 15 is 0 Å². The van der Waals surface area contributed by atoms with E-state index in [0.717, 1.165) is 38.5 Å². The molecule has 10 atom stereocenters. The van der Waals surface area contributed by atoms with Crippen molar-refractivity contribution in [1.82, 2.24) is 0 Å². The Morgan fingerprint density at radius 3 is 2.41 bits per heavy atom. The first-order chi connectivity index (χ1) is 13.8. The Bertz CT molecular complexity index is 617. The van der Waals surface area contributed by atoms with Crippen LogP contribution in [-0.4, -0.2) is 28.7 Å². The molecule has 0 bridgehead atoms. The number of fused-ring (bicyclic) bond motifs is 5. The average Bonchev–Trinajstić information content (AvgIpc) is 3.05. The van der Waals surface area contributed by atoms with Gasteiger partial charge in [-0.2, -0.15) is 0 Å². The van der Waals surface area contributed by atoms with Crippen molar-refractivity contribution in [3.8, 4) is 0 Å². The SMILES string of the molecule is CC[C@H]1C(=O)[C@@H]2[C@H](CC[C@]3(C)[C@@H](C(C)CCCO)CC[C@@H]23)[C@@]2(C)CC[C@@H](O)C[C@@H]12. The number of rotatable bonds is 5. The van der Waals surface area contributed by atoms with E-state index in [9.17, 15) is 15.0 Å². The number of ketones is 1. The second-order valence-electron chi connectivity index (χ2n) is 11.8. The quantitative estimate of drug-likeness (QED) is 0.659. The summed E-state index contributed by atoms with van der Waals surface area (Å²) in [5.41, 5.74) is 0.530. The molecular weight excluding hydrogens is 360 g/mol. The fourth-order valence-electron chi connectivity index (χ4n) is 9.22. The van der Waals surface area contributed by atoms with Crippen molar-refractivity contribution in [3.05, 3.63) is 0 Å². The number of hydrogen-bond donors (Lipinski definition) is 2. The van der Waals surface area contributed by atoms with Gasteiger partial charge in [-0.3, -0.25) is 4.79 Å². The smallest absolute Gasteiger partial charge is 0.139 e. The van der Waals surface area contributed by atoms with Gasteiger partial charge in [0.25, 0.3) is 0 Å². The van der Waals surface area contributed by atoms with E-state index in [-0.39, 0.29) is 23.4 Å². The number of Topliss-reactive ketones (excluding diaryl/α,β-unsaturated/α-hetero) is 1. The van der Waals surface area contributed by atoms with Gasteiger partial charge in [0.2, 0.25) is 0 Å². The molecule has 29 heavy (non-hydrogen) atoms. The number of carbonyl (C=O) groups is 1. The summed E-state index contributed by atoms with van der Waals surface area (Å²) in [6, 6.07) is 0. The third-order valence-electron chi connectivity index (χ3n) is 10.7. The van der Waals surface area contributed by atoms with Crippen LogP contribution >= 0.6 is 0 Å². The molecule has 0 heterocycles. The molecule has 3 nitrogen and oxygen atoms in total. The molecule has 0 radical (unpaired) electrons. The molecule has 4 aliphatic carbocycles. The number of hydrogen-bond acceptors (Lipinski definition) is 3. The van der Waals surface area contributed by atoms with Crippen LogP contribution in [0.4, 0.5) is 0 Å². The Hall–Kier alpha value is -0.410. The minimum atomic E-state index is -0.205. The Balaban J connectivity index is 1.64. The zero-order valence-electron chi connectivity index (χ0n) is 19.2. The van der Waals surface area contributed by atoms with Crippen molar-refractivity contribution in [2.45, 2.75) is 98.0 Å². The minimum Gasteiger partial charge on any atom is -0.396 e. The highest BCUT2D eigenvalue weighted by atomic mass is 16.3. The highest BCUT2D eigenvalue weighted by Gasteiger charge is 2.64. The van der Waals surface area contributed by atoms with E-state index < -0.39 is 0 Å². The highest BCUT2D eigenvalue weighted by Crippen LogP contribution is 2.68. The van der Waals surface area contributed by atoms with Crippen molar-refractivity contribution >= 4 is 5.78 Å². The van der Waals surface area contributed by atoms with Gasteiger partial charge in [0, 0.05) is 18.4 Å². The minimum absolute atomic E-state index is 0.157. The average molecular weight is 405 g/mol. The summed E-state index contributed by atoms with van der Waals surface area (Å²) >= 11 is 0. The van der Waals surface area contributed by atoms with Gasteiger partial charge in [-0.1, -0.05) is 27.7 Å². The van der Waals surface area contributed by atoms with Gasteiger partial charge < -0.3 is 10.2 Å². The Morgan fingerprint density at radius 2 is 1.72 bits per heavy atom. The van der Waals surface area contributed by atoms with Gasteiger partial charge in [-0.05, 0) is 105 Å². The van der Waals surface area contributed by atoms with Crippen LogP contribution < -0.4 is 0 Å². The molecule has 3 heteroatoms. The normalized spacial score (nSPS) is 50.6. The van der Waals surface area contributed by atoms with Crippen LogP contribution in [0.3, 0.4) is 0 Å². The number of aliphatic hydroxyl groups is 2. The summed E-state index contributed by atoms with van der Waals surface area (Å²) in [5, 5.41) is 19.7. The molecule has 0 aromatic carbocycles. The van der Waals surface area contributed by atoms with Crippen molar-refractivity contribution in [1.29, 1.82) is 0 Å². The molecular formula is C26H44O3. The lowest BCUT2D eigenvalue weighted by Crippen LogP contribution is -2.60. The second-order valence-corrected chi connectivity index (χ2v) is 11.8. The topological polar surface area (TPSA) is 57.5 Å². The van der Waals surface area contributed by atoms with E-state index in [1.165, 1.54) is 25.7 Å². The van der Waals surface area contributed by atoms with Crippen LogP contribution in [0, 0.1) is 52.3 Å². The van der Waals surface area contributed by atoms with Crippen LogP contribution in [-0.2, 0) is 4.79 Å². The summed E-state index contributed by atoms with van der Waals surface area (Å²) in [5.74, 6) is 3.78. The lowest BCUT2D eigenvalue weighted by molar-refractivity contribution is -0.173. The fourth-order valence-corrected chi connectivity index (χ4v) is 9.22. The van der Waals surface area contributed by atoms with Gasteiger partial charge in [0.05, 0.1) is 6.10 Å². The fraction of sp³-hybridized carbons (Fsp3) is 0.962. The van der Waals surface area contributed by atoms with E-state index in [1.54, 1.807) is 0 Å². The summed E-state index contributed by atoms with van der Waals surface area (Å²) < 4.78 is 0. The van der Waals surface area contributed by atoms with Crippen molar-refractivity contribution in [2.75, 3.05) is 6.61 Å². The molecule has 0 spiro atoms. The van der Waals surface area contributed by atoms with Gasteiger partial charge in [-0.15, -0.1) is 0 Å². The lowest BCUT2D eigenvalue weighted by atomic mass is 9.42. The Kier molecular flexibility index (Phi) is 5.97. The van der Waals surface area contributed by atoms with E-state index in [4.69, 9.17) is 0 Å². The van der Waals surface area contributed by atoms with Crippen molar-refractivity contribution in [2.24, 2.45) is 52.3 Å². The molecule has 1 unspecified atom stereocenters. The Labute approximate surface area is 178 Å². The standard InChI is InChI=1S/C26H44O3/c1-5-18-22-15-17(28)10-12-26(22,4)21-11-13-25(3)19(16(2)7-6-14-27)8-9-20(25)23(21)24(18)29/h16-23,27-28H,5-15H2,1-4H3/t16?,17-,18-,19-,20+,21+,22+,23+,25-,26-/m1/s1. The molecule has 0 amide bonds. The maximum absolute atomic E-state index is 13.9. The summed E-state index contributed by atoms with van der Waals surface area (Å²) in [6.07, 6.45) is 10.6. The zero-order valence-corrected chi connectivity index (χ0v) is 19.2. The first-order valence-electron chi connectivity index (χ1n) is 12.6. The molecule has 4 rings (SSSR count). The molecule has 4 fully saturated rings. The van der Waals surface area contributed by atoms with Crippen LogP contribution in [0.25, 0.3) is 0 Å². The van der Waals surface area contributed by atoms with E-state index in [0.29, 0.717) is 47.4 Å². The maximum Gasteiger partial charge on any atom is 0.139 e. The number of carbonyl (C=O) groups excluding carboxylic acids is 1. The zero-order chi connectivity index (χ0) is 21.0. The molecule has 0 saturated heterocycles. The molecule has 0 aromatic heterocycles. The number of aliphatic hydroxyl groups excluding tert-OH is 2. The van der Waals surface area contributed by atoms with Crippen molar-refractivity contribution in [3.63, 3.8) is 0 Å². The second kappa shape index (κ2) is 7.93. The third-order valence-corrected chi connectivity index (χ3v) is 10.7. The summed E-state index contributed by atoms with van der Waals surface area (Å²) in [6.45, 7) is 9.87. The molecule has 166 valence electrons. The van der Waals surface area contributed by atoms with Crippen LogP contribution in [0.5, 0.6) is 0 Å². The molecule has 0 aliphatic heterocycles. The summed E-state index contributed by atoms with van der Waals surface area (Å²) in [4.78, 5) is 13.9. The Morgan fingerprint density at radius 1 is 1.03 bits per heavy atom. The predicted octanol–water partition coefficient (Wildman–Crippen LogP) is 5.23. The van der Waals surface area contributed by atoms with Gasteiger partial charge in [0.1, 0.15) is 5.78 Å². The first-order valence-corrected chi connectivity index (χ1v) is 12.6. The largest absolute Gasteiger partial charge is 0.396 e. The van der Waals surface area contributed by atoms with E-state index in [2.05, 4.69) is 27.7 Å².